The number of unbranched alkanes of at least 4 members (excludes halogenated alkanes) is 1. The molecule has 0 bridgehead atoms. The van der Waals surface area contributed by atoms with Crippen molar-refractivity contribution in [2.75, 3.05) is 11.3 Å². The number of hydrogen-bond acceptors (Lipinski definition) is 5. The fourth-order valence-electron chi connectivity index (χ4n) is 1.27. The van der Waals surface area contributed by atoms with Gasteiger partial charge in [-0.2, -0.15) is 0 Å². The van der Waals surface area contributed by atoms with E-state index in [1.165, 1.54) is 18.2 Å². The molecular weight excluding hydrogens is 281 g/mol. The Morgan fingerprint density at radius 2 is 2.00 bits per heavy atom. The van der Waals surface area contributed by atoms with E-state index in [0.717, 1.165) is 12.8 Å². The molecule has 0 amide bonds. The fraction of sp³-hybridized carbons (Fsp3) is 0.364. The Hall–Kier alpha value is -0.600. The number of rotatable bonds is 6. The van der Waals surface area contributed by atoms with E-state index in [0.29, 0.717) is 0 Å². The zero-order valence-electron chi connectivity index (χ0n) is 10.9. The monoisotopic (exact) mass is 295 g/mol. The summed E-state index contributed by atoms with van der Waals surface area (Å²) in [5.74, 6) is -0.657. The third-order valence-corrected chi connectivity index (χ3v) is 2.58. The molecule has 0 spiro atoms. The molecule has 0 aliphatic carbocycles. The Morgan fingerprint density at radius 3 is 2.58 bits per heavy atom. The number of benzene rings is 1. The second kappa shape index (κ2) is 8.55. The van der Waals surface area contributed by atoms with Crippen molar-refractivity contribution in [1.29, 1.82) is 0 Å². The van der Waals surface area contributed by atoms with Crippen LogP contribution < -0.4 is 34.3 Å². The van der Waals surface area contributed by atoms with Crippen molar-refractivity contribution < 1.29 is 52.1 Å². The summed E-state index contributed by atoms with van der Waals surface area (Å²) in [6, 6.07) is 5.78. The Kier molecular flexibility index (Phi) is 8.28. The van der Waals surface area contributed by atoms with Crippen LogP contribution in [0.5, 0.6) is 0 Å². The minimum absolute atomic E-state index is 0. The van der Waals surface area contributed by atoms with Crippen LogP contribution in [0.3, 0.4) is 0 Å². The predicted molar refractivity (Wildman–Crippen MR) is 65.0 cm³/mol. The van der Waals surface area contributed by atoms with Gasteiger partial charge in [0.05, 0.1) is 17.9 Å². The van der Waals surface area contributed by atoms with Crippen LogP contribution in [0.25, 0.3) is 0 Å². The van der Waals surface area contributed by atoms with Crippen LogP contribution >= 0.6 is 0 Å². The molecule has 1 aromatic rings. The van der Waals surface area contributed by atoms with Gasteiger partial charge in [0.1, 0.15) is 0 Å². The third-order valence-electron chi connectivity index (χ3n) is 2.11. The summed E-state index contributed by atoms with van der Waals surface area (Å²) >= 11 is 0. The van der Waals surface area contributed by atoms with E-state index >= 15 is 0 Å². The molecule has 0 heterocycles. The van der Waals surface area contributed by atoms with Crippen LogP contribution in [0.4, 0.5) is 5.69 Å². The first-order chi connectivity index (χ1) is 8.44. The normalized spacial score (nSPS) is 10.4. The SMILES string of the molecule is CCCCOC(=O)c1ccccc1NS(=O)(=O)[O-].[Na+]. The van der Waals surface area contributed by atoms with Crippen molar-refractivity contribution >= 4 is 22.0 Å². The Labute approximate surface area is 134 Å². The van der Waals surface area contributed by atoms with Gasteiger partial charge in [0.2, 0.25) is 0 Å². The van der Waals surface area contributed by atoms with Crippen LogP contribution in [0.1, 0.15) is 30.1 Å². The number of hydrogen-bond donors (Lipinski definition) is 1. The summed E-state index contributed by atoms with van der Waals surface area (Å²) in [5.41, 5.74) is -0.0537. The second-order valence-electron chi connectivity index (χ2n) is 3.59. The largest absolute Gasteiger partial charge is 1.00 e. The number of carbonyl (C=O) groups excluding carboxylic acids is 1. The molecule has 0 unspecified atom stereocenters. The standard InChI is InChI=1S/C11H15NO5S.Na/c1-2-3-8-17-11(13)9-6-4-5-7-10(9)12-18(14,15)16;/h4-7,12H,2-3,8H2,1H3,(H,14,15,16);/q;+1/p-1. The Balaban J connectivity index is 0.00000324. The first kappa shape index (κ1) is 18.4. The first-order valence-corrected chi connectivity index (χ1v) is 6.84. The van der Waals surface area contributed by atoms with E-state index in [9.17, 15) is 17.8 Å². The Morgan fingerprint density at radius 1 is 1.37 bits per heavy atom. The molecule has 8 heteroatoms. The van der Waals surface area contributed by atoms with Crippen molar-refractivity contribution in [2.45, 2.75) is 19.8 Å². The van der Waals surface area contributed by atoms with Crippen LogP contribution in [0.15, 0.2) is 24.3 Å². The van der Waals surface area contributed by atoms with Gasteiger partial charge in [-0.3, -0.25) is 4.72 Å². The quantitative estimate of drug-likeness (QED) is 0.299. The molecule has 0 saturated heterocycles. The molecule has 0 aliphatic heterocycles. The number of esters is 1. The van der Waals surface area contributed by atoms with Crippen LogP contribution in [-0.4, -0.2) is 25.5 Å². The topological polar surface area (TPSA) is 95.5 Å². The molecule has 1 rings (SSSR count). The maximum atomic E-state index is 11.7. The Bertz CT molecular complexity index is 518. The minimum atomic E-state index is -4.67. The van der Waals surface area contributed by atoms with Gasteiger partial charge in [-0.05, 0) is 18.6 Å². The van der Waals surface area contributed by atoms with Crippen molar-refractivity contribution in [1.82, 2.24) is 0 Å². The van der Waals surface area contributed by atoms with Gasteiger partial charge in [-0.25, -0.2) is 13.2 Å². The number of nitrogens with one attached hydrogen (secondary N) is 1. The molecule has 1 aromatic carbocycles. The molecule has 0 fully saturated rings. The molecule has 1 N–H and O–H groups in total. The molecule has 0 radical (unpaired) electrons. The summed E-state index contributed by atoms with van der Waals surface area (Å²) in [7, 11) is -4.67. The molecule has 0 saturated carbocycles. The number of para-hydroxylation sites is 1. The molecule has 0 aromatic heterocycles. The molecule has 19 heavy (non-hydrogen) atoms. The maximum absolute atomic E-state index is 11.7. The van der Waals surface area contributed by atoms with Crippen LogP contribution in [0, 0.1) is 0 Å². The van der Waals surface area contributed by atoms with Crippen molar-refractivity contribution in [2.24, 2.45) is 0 Å². The molecule has 0 aliphatic rings. The number of carbonyl (C=O) groups is 1. The van der Waals surface area contributed by atoms with E-state index in [2.05, 4.69) is 0 Å². The fourth-order valence-corrected chi connectivity index (χ4v) is 1.72. The summed E-state index contributed by atoms with van der Waals surface area (Å²) in [6.45, 7) is 2.21. The molecule has 6 nitrogen and oxygen atoms in total. The van der Waals surface area contributed by atoms with Gasteiger partial charge < -0.3 is 9.29 Å². The van der Waals surface area contributed by atoms with E-state index < -0.39 is 16.3 Å². The van der Waals surface area contributed by atoms with Crippen molar-refractivity contribution in [3.8, 4) is 0 Å². The maximum Gasteiger partial charge on any atom is 1.00 e. The first-order valence-electron chi connectivity index (χ1n) is 5.44. The summed E-state index contributed by atoms with van der Waals surface area (Å²) < 4.78 is 38.5. The second-order valence-corrected chi connectivity index (χ2v) is 4.70. The predicted octanol–water partition coefficient (Wildman–Crippen LogP) is -1.48. The summed E-state index contributed by atoms with van der Waals surface area (Å²) in [6.07, 6.45) is 1.60. The van der Waals surface area contributed by atoms with Gasteiger partial charge >= 0.3 is 35.5 Å². The van der Waals surface area contributed by atoms with Crippen molar-refractivity contribution in [3.63, 3.8) is 0 Å². The third kappa shape index (κ3) is 6.93. The number of anilines is 1. The number of ether oxygens (including phenoxy) is 1. The van der Waals surface area contributed by atoms with Gasteiger partial charge in [0, 0.05) is 0 Å². The van der Waals surface area contributed by atoms with E-state index in [4.69, 9.17) is 4.74 Å². The molecular formula is C11H14NNaO5S. The van der Waals surface area contributed by atoms with E-state index in [1.807, 2.05) is 6.92 Å². The summed E-state index contributed by atoms with van der Waals surface area (Å²) in [5, 5.41) is 0. The zero-order valence-corrected chi connectivity index (χ0v) is 13.7. The van der Waals surface area contributed by atoms with Gasteiger partial charge in [-0.1, -0.05) is 25.5 Å². The van der Waals surface area contributed by atoms with Gasteiger partial charge in [-0.15, -0.1) is 0 Å². The summed E-state index contributed by atoms with van der Waals surface area (Å²) in [4.78, 5) is 11.7. The zero-order chi connectivity index (χ0) is 13.6. The van der Waals surface area contributed by atoms with E-state index in [-0.39, 0.29) is 47.4 Å². The van der Waals surface area contributed by atoms with E-state index in [1.54, 1.807) is 10.8 Å². The van der Waals surface area contributed by atoms with Gasteiger partial charge in [0.25, 0.3) is 0 Å². The molecule has 100 valence electrons. The van der Waals surface area contributed by atoms with Crippen LogP contribution in [-0.2, 0) is 15.0 Å². The smallest absolute Gasteiger partial charge is 0.731 e. The average Bonchev–Trinajstić information content (AvgIpc) is 2.27. The molecule has 0 atom stereocenters. The van der Waals surface area contributed by atoms with Crippen LogP contribution in [0.2, 0.25) is 0 Å². The minimum Gasteiger partial charge on any atom is -0.731 e. The van der Waals surface area contributed by atoms with Gasteiger partial charge in [0.15, 0.2) is 10.3 Å². The van der Waals surface area contributed by atoms with Crippen molar-refractivity contribution in [3.05, 3.63) is 29.8 Å². The average molecular weight is 295 g/mol.